The van der Waals surface area contributed by atoms with Crippen molar-refractivity contribution >= 4 is 17.6 Å². The van der Waals surface area contributed by atoms with E-state index in [9.17, 15) is 10.1 Å². The number of nitrogens with zero attached hydrogens (tertiary/aromatic N) is 1. The second-order valence-electron chi connectivity index (χ2n) is 8.70. The summed E-state index contributed by atoms with van der Waals surface area (Å²) >= 11 is 6.22. The first-order chi connectivity index (χ1) is 19.0. The third-order valence-corrected chi connectivity index (χ3v) is 6.64. The molecule has 0 amide bonds. The molecule has 1 atom stereocenters. The van der Waals surface area contributed by atoms with Crippen molar-refractivity contribution in [1.82, 2.24) is 0 Å². The molecule has 5 rings (SSSR count). The van der Waals surface area contributed by atoms with Gasteiger partial charge in [-0.15, -0.1) is 0 Å². The Balaban J connectivity index is 1.38. The second kappa shape index (κ2) is 11.2. The molecule has 0 spiro atoms. The average Bonchev–Trinajstić information content (AvgIpc) is 2.96. The predicted molar refractivity (Wildman–Crippen MR) is 146 cm³/mol. The van der Waals surface area contributed by atoms with Gasteiger partial charge in [-0.1, -0.05) is 54.1 Å². The van der Waals surface area contributed by atoms with E-state index in [4.69, 9.17) is 36.3 Å². The number of benzene rings is 4. The normalized spacial score (nSPS) is 14.0. The van der Waals surface area contributed by atoms with E-state index >= 15 is 0 Å². The fraction of sp³-hybridized carbons (Fsp3) is 0.0968. The zero-order valence-corrected chi connectivity index (χ0v) is 21.6. The number of ether oxygens (including phenoxy) is 4. The lowest BCUT2D eigenvalue weighted by Gasteiger charge is -2.26. The highest BCUT2D eigenvalue weighted by Crippen LogP contribution is 2.43. The molecule has 194 valence electrons. The van der Waals surface area contributed by atoms with E-state index < -0.39 is 11.9 Å². The van der Waals surface area contributed by atoms with Crippen LogP contribution in [0.1, 0.15) is 33.0 Å². The molecule has 4 aromatic rings. The number of rotatable bonds is 7. The summed E-state index contributed by atoms with van der Waals surface area (Å²) in [5, 5.41) is 10.5. The molecule has 2 N–H and O–H groups in total. The average molecular weight is 539 g/mol. The van der Waals surface area contributed by atoms with Gasteiger partial charge in [0.25, 0.3) is 0 Å². The number of nitriles is 1. The van der Waals surface area contributed by atoms with Crippen LogP contribution in [0.3, 0.4) is 0 Å². The van der Waals surface area contributed by atoms with Crippen LogP contribution in [0.25, 0.3) is 0 Å². The molecule has 1 unspecified atom stereocenters. The van der Waals surface area contributed by atoms with Crippen LogP contribution in [0.2, 0.25) is 5.02 Å². The van der Waals surface area contributed by atoms with E-state index in [1.54, 1.807) is 42.5 Å². The molecule has 39 heavy (non-hydrogen) atoms. The fourth-order valence-corrected chi connectivity index (χ4v) is 4.48. The molecule has 0 saturated heterocycles. The highest BCUT2D eigenvalue weighted by Gasteiger charge is 2.31. The zero-order valence-electron chi connectivity index (χ0n) is 20.9. The maximum Gasteiger partial charge on any atom is 0.343 e. The maximum absolute atomic E-state index is 12.7. The van der Waals surface area contributed by atoms with Gasteiger partial charge in [0.1, 0.15) is 41.2 Å². The van der Waals surface area contributed by atoms with Crippen LogP contribution in [-0.4, -0.2) is 13.1 Å². The van der Waals surface area contributed by atoms with E-state index in [2.05, 4.69) is 6.07 Å². The summed E-state index contributed by atoms with van der Waals surface area (Å²) in [4.78, 5) is 12.7. The first-order valence-electron chi connectivity index (χ1n) is 12.0. The van der Waals surface area contributed by atoms with Crippen molar-refractivity contribution in [3.8, 4) is 29.1 Å². The smallest absolute Gasteiger partial charge is 0.343 e. The van der Waals surface area contributed by atoms with E-state index in [1.807, 2.05) is 48.5 Å². The zero-order chi connectivity index (χ0) is 27.4. The van der Waals surface area contributed by atoms with Crippen LogP contribution >= 0.6 is 11.6 Å². The van der Waals surface area contributed by atoms with Gasteiger partial charge in [-0.3, -0.25) is 0 Å². The van der Waals surface area contributed by atoms with Gasteiger partial charge in [0, 0.05) is 22.2 Å². The summed E-state index contributed by atoms with van der Waals surface area (Å²) in [7, 11) is 1.52. The number of esters is 1. The number of carbonyl (C=O) groups is 1. The van der Waals surface area contributed by atoms with Crippen LogP contribution in [0, 0.1) is 11.3 Å². The maximum atomic E-state index is 12.7. The number of carbonyl (C=O) groups excluding carboxylic acids is 1. The van der Waals surface area contributed by atoms with Crippen molar-refractivity contribution in [3.05, 3.63) is 130 Å². The molecule has 1 aliphatic heterocycles. The van der Waals surface area contributed by atoms with Gasteiger partial charge >= 0.3 is 5.97 Å². The lowest BCUT2D eigenvalue weighted by molar-refractivity contribution is 0.0734. The van der Waals surface area contributed by atoms with Gasteiger partial charge in [0.05, 0.1) is 18.6 Å². The molecule has 0 radical (unpaired) electrons. The van der Waals surface area contributed by atoms with Gasteiger partial charge in [0.2, 0.25) is 5.88 Å². The monoisotopic (exact) mass is 538 g/mol. The van der Waals surface area contributed by atoms with Crippen LogP contribution in [0.15, 0.2) is 102 Å². The highest BCUT2D eigenvalue weighted by atomic mass is 35.5. The molecule has 1 aliphatic rings. The molecule has 0 fully saturated rings. The number of allylic oxidation sites excluding steroid dienone is 1. The summed E-state index contributed by atoms with van der Waals surface area (Å²) in [6, 6.07) is 28.8. The van der Waals surface area contributed by atoms with Gasteiger partial charge in [0.15, 0.2) is 0 Å². The largest absolute Gasteiger partial charge is 0.497 e. The Hall–Kier alpha value is -4.93. The summed E-state index contributed by atoms with van der Waals surface area (Å²) < 4.78 is 22.4. The molecular weight excluding hydrogens is 516 g/mol. The third-order valence-electron chi connectivity index (χ3n) is 6.27. The first-order valence-corrected chi connectivity index (χ1v) is 12.4. The lowest BCUT2D eigenvalue weighted by atomic mass is 9.83. The molecule has 8 heteroatoms. The first kappa shape index (κ1) is 25.7. The Morgan fingerprint density at radius 2 is 1.74 bits per heavy atom. The molecule has 0 saturated carbocycles. The summed E-state index contributed by atoms with van der Waals surface area (Å²) in [6.45, 7) is 0.326. The Kier molecular flexibility index (Phi) is 7.39. The van der Waals surface area contributed by atoms with Crippen molar-refractivity contribution < 1.29 is 23.7 Å². The number of fused-ring (bicyclic) bond motifs is 1. The number of halogens is 1. The van der Waals surface area contributed by atoms with Gasteiger partial charge in [-0.25, -0.2) is 4.79 Å². The van der Waals surface area contributed by atoms with Gasteiger partial charge < -0.3 is 24.7 Å². The fourth-order valence-electron chi connectivity index (χ4n) is 4.29. The van der Waals surface area contributed by atoms with Crippen molar-refractivity contribution in [2.75, 3.05) is 7.11 Å². The van der Waals surface area contributed by atoms with E-state index in [0.29, 0.717) is 40.0 Å². The van der Waals surface area contributed by atoms with Crippen LogP contribution in [-0.2, 0) is 6.61 Å². The molecule has 0 aliphatic carbocycles. The molecule has 0 bridgehead atoms. The topological polar surface area (TPSA) is 104 Å². The SMILES string of the molecule is COc1cccc(C(=O)Oc2ccc3c(c2)OC(N)=C(C#N)C3c2ccc(OCc3ccccc3Cl)cc2)c1. The Morgan fingerprint density at radius 1 is 0.974 bits per heavy atom. The van der Waals surface area contributed by atoms with Crippen molar-refractivity contribution in [2.45, 2.75) is 12.5 Å². The summed E-state index contributed by atoms with van der Waals surface area (Å²) in [5.41, 5.74) is 9.19. The van der Waals surface area contributed by atoms with Gasteiger partial charge in [-0.05, 0) is 48.0 Å². The van der Waals surface area contributed by atoms with Crippen molar-refractivity contribution in [2.24, 2.45) is 5.73 Å². The molecule has 0 aromatic heterocycles. The minimum atomic E-state index is -0.546. The molecule has 7 nitrogen and oxygen atoms in total. The standard InChI is InChI=1S/C31H23ClN2O5/c1-36-23-7-4-6-20(15-23)31(35)38-24-13-14-25-28(16-24)39-30(34)26(17-33)29(25)19-9-11-22(12-10-19)37-18-21-5-2-3-8-27(21)32/h2-16,29H,18,34H2,1H3. The van der Waals surface area contributed by atoms with Crippen LogP contribution < -0.4 is 24.7 Å². The van der Waals surface area contributed by atoms with E-state index in [0.717, 1.165) is 11.1 Å². The number of hydrogen-bond donors (Lipinski definition) is 1. The minimum Gasteiger partial charge on any atom is -0.497 e. The Labute approximate surface area is 230 Å². The molecular formula is C31H23ClN2O5. The quantitative estimate of drug-likeness (QED) is 0.215. The highest BCUT2D eigenvalue weighted by molar-refractivity contribution is 6.31. The summed E-state index contributed by atoms with van der Waals surface area (Å²) in [6.07, 6.45) is 0. The minimum absolute atomic E-state index is 0.00896. The van der Waals surface area contributed by atoms with Crippen LogP contribution in [0.4, 0.5) is 0 Å². The molecule has 4 aromatic carbocycles. The summed E-state index contributed by atoms with van der Waals surface area (Å²) in [5.74, 6) is 0.840. The predicted octanol–water partition coefficient (Wildman–Crippen LogP) is 6.36. The Bertz CT molecular complexity index is 1610. The van der Waals surface area contributed by atoms with Crippen LogP contribution in [0.5, 0.6) is 23.0 Å². The van der Waals surface area contributed by atoms with E-state index in [1.165, 1.54) is 7.11 Å². The van der Waals surface area contributed by atoms with Crippen molar-refractivity contribution in [1.29, 1.82) is 5.26 Å². The number of hydrogen-bond acceptors (Lipinski definition) is 7. The number of nitrogens with two attached hydrogens (primary N) is 1. The molecule has 1 heterocycles. The van der Waals surface area contributed by atoms with E-state index in [-0.39, 0.29) is 17.2 Å². The third kappa shape index (κ3) is 5.52. The Morgan fingerprint density at radius 3 is 2.49 bits per heavy atom. The second-order valence-corrected chi connectivity index (χ2v) is 9.10. The van der Waals surface area contributed by atoms with Gasteiger partial charge in [-0.2, -0.15) is 5.26 Å². The van der Waals surface area contributed by atoms with Crippen molar-refractivity contribution in [3.63, 3.8) is 0 Å². The lowest BCUT2D eigenvalue weighted by Crippen LogP contribution is -2.21. The number of methoxy groups -OCH3 is 1.